The Balaban J connectivity index is 2.00. The molecule has 1 fully saturated rings. The minimum absolute atomic E-state index is 0.216. The fraction of sp³-hybridized carbons (Fsp3) is 1.00. The summed E-state index contributed by atoms with van der Waals surface area (Å²) >= 11 is 0. The Morgan fingerprint density at radius 1 is 1.50 bits per heavy atom. The van der Waals surface area contributed by atoms with E-state index in [0.29, 0.717) is 12.6 Å². The molecule has 0 aromatic rings. The lowest BCUT2D eigenvalue weighted by molar-refractivity contribution is -0.0870. The SMILES string of the molecule is COCCC(C)NCC1COCCO1. The van der Waals surface area contributed by atoms with Crippen LogP contribution in [0.1, 0.15) is 13.3 Å². The molecule has 0 radical (unpaired) electrons. The van der Waals surface area contributed by atoms with Gasteiger partial charge in [0.2, 0.25) is 0 Å². The van der Waals surface area contributed by atoms with Crippen molar-refractivity contribution in [2.24, 2.45) is 0 Å². The van der Waals surface area contributed by atoms with Gasteiger partial charge in [0.25, 0.3) is 0 Å². The van der Waals surface area contributed by atoms with E-state index >= 15 is 0 Å². The van der Waals surface area contributed by atoms with Crippen molar-refractivity contribution in [1.29, 1.82) is 0 Å². The van der Waals surface area contributed by atoms with Crippen LogP contribution in [0.3, 0.4) is 0 Å². The first kappa shape index (κ1) is 11.9. The van der Waals surface area contributed by atoms with Gasteiger partial charge >= 0.3 is 0 Å². The summed E-state index contributed by atoms with van der Waals surface area (Å²) in [6.07, 6.45) is 1.25. The highest BCUT2D eigenvalue weighted by Crippen LogP contribution is 2.00. The van der Waals surface area contributed by atoms with E-state index < -0.39 is 0 Å². The normalized spacial score (nSPS) is 24.9. The maximum atomic E-state index is 5.51. The standard InChI is InChI=1S/C10H21NO3/c1-9(3-4-12-2)11-7-10-8-13-5-6-14-10/h9-11H,3-8H2,1-2H3. The average molecular weight is 203 g/mol. The minimum atomic E-state index is 0.216. The van der Waals surface area contributed by atoms with Gasteiger partial charge in [0.15, 0.2) is 0 Å². The fourth-order valence-electron chi connectivity index (χ4n) is 1.38. The molecule has 0 aliphatic carbocycles. The first-order valence-electron chi connectivity index (χ1n) is 5.24. The highest BCUT2D eigenvalue weighted by molar-refractivity contribution is 4.68. The first-order valence-corrected chi connectivity index (χ1v) is 5.24. The Morgan fingerprint density at radius 2 is 2.36 bits per heavy atom. The summed E-state index contributed by atoms with van der Waals surface area (Å²) in [5, 5.41) is 3.40. The summed E-state index contributed by atoms with van der Waals surface area (Å²) in [6, 6.07) is 0.473. The van der Waals surface area contributed by atoms with Gasteiger partial charge in [-0.1, -0.05) is 0 Å². The van der Waals surface area contributed by atoms with E-state index in [2.05, 4.69) is 12.2 Å². The topological polar surface area (TPSA) is 39.7 Å². The number of hydrogen-bond acceptors (Lipinski definition) is 4. The lowest BCUT2D eigenvalue weighted by Crippen LogP contribution is -2.40. The van der Waals surface area contributed by atoms with Gasteiger partial charge in [0, 0.05) is 26.3 Å². The zero-order chi connectivity index (χ0) is 10.2. The fourth-order valence-corrected chi connectivity index (χ4v) is 1.38. The summed E-state index contributed by atoms with van der Waals surface area (Å²) in [4.78, 5) is 0. The van der Waals surface area contributed by atoms with Crippen molar-refractivity contribution in [1.82, 2.24) is 5.32 Å². The van der Waals surface area contributed by atoms with Crippen LogP contribution in [0, 0.1) is 0 Å². The Hall–Kier alpha value is -0.160. The molecule has 14 heavy (non-hydrogen) atoms. The molecule has 0 amide bonds. The molecule has 1 aliphatic heterocycles. The van der Waals surface area contributed by atoms with Crippen LogP contribution in [0.25, 0.3) is 0 Å². The van der Waals surface area contributed by atoms with Gasteiger partial charge in [-0.25, -0.2) is 0 Å². The van der Waals surface area contributed by atoms with Crippen LogP contribution in [-0.4, -0.2) is 52.2 Å². The smallest absolute Gasteiger partial charge is 0.0933 e. The summed E-state index contributed by atoms with van der Waals surface area (Å²) in [7, 11) is 1.73. The third kappa shape index (κ3) is 4.91. The molecule has 2 atom stereocenters. The van der Waals surface area contributed by atoms with Crippen molar-refractivity contribution in [3.8, 4) is 0 Å². The summed E-state index contributed by atoms with van der Waals surface area (Å²) in [5.74, 6) is 0. The van der Waals surface area contributed by atoms with E-state index in [-0.39, 0.29) is 6.10 Å². The first-order chi connectivity index (χ1) is 6.83. The van der Waals surface area contributed by atoms with Gasteiger partial charge in [0.1, 0.15) is 0 Å². The molecule has 4 heteroatoms. The van der Waals surface area contributed by atoms with Crippen molar-refractivity contribution < 1.29 is 14.2 Å². The molecule has 84 valence electrons. The van der Waals surface area contributed by atoms with Gasteiger partial charge in [0.05, 0.1) is 25.9 Å². The third-order valence-electron chi connectivity index (χ3n) is 2.33. The van der Waals surface area contributed by atoms with Crippen molar-refractivity contribution in [3.05, 3.63) is 0 Å². The summed E-state index contributed by atoms with van der Waals surface area (Å²) in [5.41, 5.74) is 0. The molecular formula is C10H21NO3. The van der Waals surface area contributed by atoms with Crippen molar-refractivity contribution in [3.63, 3.8) is 0 Å². The van der Waals surface area contributed by atoms with Crippen LogP contribution in [0.4, 0.5) is 0 Å². The lowest BCUT2D eigenvalue weighted by Gasteiger charge is -2.24. The molecule has 0 spiro atoms. The van der Waals surface area contributed by atoms with Crippen LogP contribution >= 0.6 is 0 Å². The zero-order valence-electron chi connectivity index (χ0n) is 9.12. The zero-order valence-corrected chi connectivity index (χ0v) is 9.12. The van der Waals surface area contributed by atoms with Gasteiger partial charge in [-0.15, -0.1) is 0 Å². The second-order valence-corrected chi connectivity index (χ2v) is 3.66. The molecular weight excluding hydrogens is 182 g/mol. The Labute approximate surface area is 85.9 Å². The number of ether oxygens (including phenoxy) is 3. The molecule has 0 bridgehead atoms. The molecule has 4 nitrogen and oxygen atoms in total. The molecule has 1 heterocycles. The molecule has 0 aromatic carbocycles. The highest BCUT2D eigenvalue weighted by Gasteiger charge is 2.14. The van der Waals surface area contributed by atoms with Crippen LogP contribution in [0.5, 0.6) is 0 Å². The maximum Gasteiger partial charge on any atom is 0.0933 e. The maximum absolute atomic E-state index is 5.51. The Kier molecular flexibility index (Phi) is 6.10. The number of hydrogen-bond donors (Lipinski definition) is 1. The molecule has 1 saturated heterocycles. The molecule has 1 rings (SSSR count). The molecule has 0 saturated carbocycles. The quantitative estimate of drug-likeness (QED) is 0.679. The predicted molar refractivity (Wildman–Crippen MR) is 54.5 cm³/mol. The van der Waals surface area contributed by atoms with Gasteiger partial charge in [-0.05, 0) is 13.3 Å². The van der Waals surface area contributed by atoms with E-state index in [1.807, 2.05) is 0 Å². The molecule has 1 aliphatic rings. The largest absolute Gasteiger partial charge is 0.385 e. The van der Waals surface area contributed by atoms with E-state index in [1.165, 1.54) is 0 Å². The van der Waals surface area contributed by atoms with Crippen LogP contribution in [0.15, 0.2) is 0 Å². The van der Waals surface area contributed by atoms with Crippen molar-refractivity contribution >= 4 is 0 Å². The number of nitrogens with one attached hydrogen (secondary N) is 1. The molecule has 2 unspecified atom stereocenters. The van der Waals surface area contributed by atoms with E-state index in [9.17, 15) is 0 Å². The van der Waals surface area contributed by atoms with Gasteiger partial charge in [-0.3, -0.25) is 0 Å². The summed E-state index contributed by atoms with van der Waals surface area (Å²) < 4.78 is 15.8. The number of methoxy groups -OCH3 is 1. The van der Waals surface area contributed by atoms with Crippen LogP contribution in [0.2, 0.25) is 0 Å². The minimum Gasteiger partial charge on any atom is -0.385 e. The predicted octanol–water partition coefficient (Wildman–Crippen LogP) is 0.416. The average Bonchev–Trinajstić information content (AvgIpc) is 2.25. The van der Waals surface area contributed by atoms with E-state index in [1.54, 1.807) is 7.11 Å². The lowest BCUT2D eigenvalue weighted by atomic mass is 10.2. The van der Waals surface area contributed by atoms with Crippen molar-refractivity contribution in [2.75, 3.05) is 40.1 Å². The summed E-state index contributed by atoms with van der Waals surface area (Å²) in [6.45, 7) is 5.99. The van der Waals surface area contributed by atoms with E-state index in [4.69, 9.17) is 14.2 Å². The van der Waals surface area contributed by atoms with Crippen LogP contribution in [-0.2, 0) is 14.2 Å². The third-order valence-corrected chi connectivity index (χ3v) is 2.33. The molecule has 1 N–H and O–H groups in total. The van der Waals surface area contributed by atoms with E-state index in [0.717, 1.165) is 32.8 Å². The second-order valence-electron chi connectivity index (χ2n) is 3.66. The van der Waals surface area contributed by atoms with Crippen LogP contribution < -0.4 is 5.32 Å². The van der Waals surface area contributed by atoms with Gasteiger partial charge < -0.3 is 19.5 Å². The second kappa shape index (κ2) is 7.17. The highest BCUT2D eigenvalue weighted by atomic mass is 16.6. The monoisotopic (exact) mass is 203 g/mol. The number of rotatable bonds is 6. The Bertz CT molecular complexity index is 137. The van der Waals surface area contributed by atoms with Crippen molar-refractivity contribution in [2.45, 2.75) is 25.5 Å². The van der Waals surface area contributed by atoms with Gasteiger partial charge in [-0.2, -0.15) is 0 Å². The Morgan fingerprint density at radius 3 is 3.00 bits per heavy atom. The molecule has 0 aromatic heterocycles.